The van der Waals surface area contributed by atoms with Crippen molar-refractivity contribution in [3.8, 4) is 0 Å². The molecule has 0 aromatic rings. The molecule has 0 saturated carbocycles. The number of hydrogen-bond acceptors (Lipinski definition) is 3. The maximum absolute atomic E-state index is 11.2. The molecule has 0 aliphatic carbocycles. The molecule has 70 valence electrons. The number of nitrogens with one attached hydrogen (secondary N) is 1. The average Bonchev–Trinajstić information content (AvgIpc) is 2.11. The minimum absolute atomic E-state index is 0.108. The molecule has 0 bridgehead atoms. The molecular formula is C8H15NO2S. The first-order valence-electron chi connectivity index (χ1n) is 3.97. The number of amides is 1. The molecular weight excluding hydrogens is 174 g/mol. The third-order valence-corrected chi connectivity index (χ3v) is 2.26. The summed E-state index contributed by atoms with van der Waals surface area (Å²) in [5.74, 6) is 1.01. The van der Waals surface area contributed by atoms with E-state index in [1.807, 2.05) is 6.26 Å². The van der Waals surface area contributed by atoms with Crippen molar-refractivity contribution in [1.29, 1.82) is 0 Å². The Morgan fingerprint density at radius 3 is 2.75 bits per heavy atom. The van der Waals surface area contributed by atoms with Gasteiger partial charge in [-0.1, -0.05) is 6.92 Å². The SMILES string of the molecule is CCC(=O)C(CCSC)NC=O. The van der Waals surface area contributed by atoms with E-state index in [1.54, 1.807) is 18.7 Å². The van der Waals surface area contributed by atoms with Crippen LogP contribution in [0.25, 0.3) is 0 Å². The van der Waals surface area contributed by atoms with Gasteiger partial charge in [-0.2, -0.15) is 11.8 Å². The Hall–Kier alpha value is -0.510. The third kappa shape index (κ3) is 4.38. The minimum atomic E-state index is -0.278. The fourth-order valence-corrected chi connectivity index (χ4v) is 1.37. The van der Waals surface area contributed by atoms with Crippen molar-refractivity contribution in [2.75, 3.05) is 12.0 Å². The smallest absolute Gasteiger partial charge is 0.207 e. The van der Waals surface area contributed by atoms with Gasteiger partial charge in [-0.3, -0.25) is 9.59 Å². The van der Waals surface area contributed by atoms with E-state index >= 15 is 0 Å². The second-order valence-electron chi connectivity index (χ2n) is 2.44. The highest BCUT2D eigenvalue weighted by Crippen LogP contribution is 2.02. The summed E-state index contributed by atoms with van der Waals surface area (Å²) in [5.41, 5.74) is 0. The summed E-state index contributed by atoms with van der Waals surface area (Å²) in [5, 5.41) is 2.52. The van der Waals surface area contributed by atoms with Gasteiger partial charge in [0.05, 0.1) is 6.04 Å². The topological polar surface area (TPSA) is 46.2 Å². The highest BCUT2D eigenvalue weighted by atomic mass is 32.2. The first-order valence-corrected chi connectivity index (χ1v) is 5.37. The van der Waals surface area contributed by atoms with Crippen LogP contribution < -0.4 is 5.32 Å². The van der Waals surface area contributed by atoms with Crippen LogP contribution in [0, 0.1) is 0 Å². The lowest BCUT2D eigenvalue weighted by molar-refractivity contribution is -0.123. The lowest BCUT2D eigenvalue weighted by Gasteiger charge is -2.12. The van der Waals surface area contributed by atoms with E-state index in [0.29, 0.717) is 12.8 Å². The van der Waals surface area contributed by atoms with Gasteiger partial charge in [-0.05, 0) is 18.4 Å². The minimum Gasteiger partial charge on any atom is -0.349 e. The molecule has 1 amide bonds. The summed E-state index contributed by atoms with van der Waals surface area (Å²) in [6.45, 7) is 1.81. The van der Waals surface area contributed by atoms with Gasteiger partial charge in [0.25, 0.3) is 0 Å². The largest absolute Gasteiger partial charge is 0.349 e. The Kier molecular flexibility index (Phi) is 6.85. The molecule has 0 radical (unpaired) electrons. The molecule has 0 aliphatic rings. The van der Waals surface area contributed by atoms with Gasteiger partial charge in [0.1, 0.15) is 0 Å². The van der Waals surface area contributed by atoms with E-state index < -0.39 is 0 Å². The number of thioether (sulfide) groups is 1. The molecule has 3 nitrogen and oxygen atoms in total. The second kappa shape index (κ2) is 7.16. The number of carbonyl (C=O) groups is 2. The zero-order valence-electron chi connectivity index (χ0n) is 7.50. The molecule has 1 unspecified atom stereocenters. The van der Waals surface area contributed by atoms with E-state index in [1.165, 1.54) is 0 Å². The van der Waals surface area contributed by atoms with Crippen LogP contribution in [0.3, 0.4) is 0 Å². The summed E-state index contributed by atoms with van der Waals surface area (Å²) in [6.07, 6.45) is 3.79. The van der Waals surface area contributed by atoms with Gasteiger partial charge in [0, 0.05) is 6.42 Å². The Bertz CT molecular complexity index is 150. The van der Waals surface area contributed by atoms with Crippen molar-refractivity contribution in [1.82, 2.24) is 5.32 Å². The molecule has 0 saturated heterocycles. The van der Waals surface area contributed by atoms with Crippen LogP contribution in [0.15, 0.2) is 0 Å². The van der Waals surface area contributed by atoms with E-state index in [-0.39, 0.29) is 11.8 Å². The van der Waals surface area contributed by atoms with Crippen LogP contribution >= 0.6 is 11.8 Å². The van der Waals surface area contributed by atoms with Crippen LogP contribution in [0.2, 0.25) is 0 Å². The quantitative estimate of drug-likeness (QED) is 0.603. The van der Waals surface area contributed by atoms with Crippen molar-refractivity contribution in [2.45, 2.75) is 25.8 Å². The summed E-state index contributed by atoms with van der Waals surface area (Å²) in [6, 6.07) is -0.278. The Balaban J connectivity index is 3.84. The molecule has 0 heterocycles. The number of carbonyl (C=O) groups excluding carboxylic acids is 2. The monoisotopic (exact) mass is 189 g/mol. The summed E-state index contributed by atoms with van der Waals surface area (Å²) in [7, 11) is 0. The van der Waals surface area contributed by atoms with Gasteiger partial charge in [0.2, 0.25) is 6.41 Å². The lowest BCUT2D eigenvalue weighted by Crippen LogP contribution is -2.35. The summed E-state index contributed by atoms with van der Waals surface area (Å²) < 4.78 is 0. The van der Waals surface area contributed by atoms with Crippen molar-refractivity contribution in [3.05, 3.63) is 0 Å². The predicted molar refractivity (Wildman–Crippen MR) is 51.3 cm³/mol. The van der Waals surface area contributed by atoms with Crippen molar-refractivity contribution in [3.63, 3.8) is 0 Å². The normalized spacial score (nSPS) is 12.2. The standard InChI is InChI=1S/C8H15NO2S/c1-3-8(11)7(9-6-10)4-5-12-2/h6-7H,3-5H2,1-2H3,(H,9,10). The van der Waals surface area contributed by atoms with Gasteiger partial charge in [-0.25, -0.2) is 0 Å². The predicted octanol–water partition coefficient (Wildman–Crippen LogP) is 0.833. The number of Topliss-reactive ketones (excluding diaryl/α,β-unsaturated/α-hetero) is 1. The van der Waals surface area contributed by atoms with Gasteiger partial charge < -0.3 is 5.32 Å². The van der Waals surface area contributed by atoms with Crippen LogP contribution in [0.1, 0.15) is 19.8 Å². The molecule has 0 rings (SSSR count). The highest BCUT2D eigenvalue weighted by Gasteiger charge is 2.14. The molecule has 0 aliphatic heterocycles. The summed E-state index contributed by atoms with van der Waals surface area (Å²) in [4.78, 5) is 21.3. The molecule has 4 heteroatoms. The molecule has 0 aromatic heterocycles. The van der Waals surface area contributed by atoms with Crippen LogP contribution in [-0.4, -0.2) is 30.2 Å². The Morgan fingerprint density at radius 2 is 2.33 bits per heavy atom. The molecule has 0 fully saturated rings. The van der Waals surface area contributed by atoms with Gasteiger partial charge in [0.15, 0.2) is 5.78 Å². The highest BCUT2D eigenvalue weighted by molar-refractivity contribution is 7.98. The van der Waals surface area contributed by atoms with E-state index in [2.05, 4.69) is 5.32 Å². The molecule has 12 heavy (non-hydrogen) atoms. The Labute approximate surface area is 77.3 Å². The number of ketones is 1. The maximum Gasteiger partial charge on any atom is 0.207 e. The number of hydrogen-bond donors (Lipinski definition) is 1. The van der Waals surface area contributed by atoms with Crippen LogP contribution in [0.5, 0.6) is 0 Å². The summed E-state index contributed by atoms with van der Waals surface area (Å²) >= 11 is 1.68. The van der Waals surface area contributed by atoms with Crippen molar-refractivity contribution < 1.29 is 9.59 Å². The van der Waals surface area contributed by atoms with Crippen LogP contribution in [-0.2, 0) is 9.59 Å². The zero-order valence-corrected chi connectivity index (χ0v) is 8.32. The molecule has 0 spiro atoms. The van der Waals surface area contributed by atoms with E-state index in [4.69, 9.17) is 0 Å². The van der Waals surface area contributed by atoms with Gasteiger partial charge in [-0.15, -0.1) is 0 Å². The third-order valence-electron chi connectivity index (χ3n) is 1.62. The fraction of sp³-hybridized carbons (Fsp3) is 0.750. The van der Waals surface area contributed by atoms with Gasteiger partial charge >= 0.3 is 0 Å². The maximum atomic E-state index is 11.2. The van der Waals surface area contributed by atoms with Crippen LogP contribution in [0.4, 0.5) is 0 Å². The first kappa shape index (κ1) is 11.5. The first-order chi connectivity index (χ1) is 5.76. The number of rotatable bonds is 7. The average molecular weight is 189 g/mol. The Morgan fingerprint density at radius 1 is 1.67 bits per heavy atom. The van der Waals surface area contributed by atoms with E-state index in [0.717, 1.165) is 12.2 Å². The zero-order chi connectivity index (χ0) is 9.40. The molecule has 0 aromatic carbocycles. The second-order valence-corrected chi connectivity index (χ2v) is 3.42. The van der Waals surface area contributed by atoms with Crippen molar-refractivity contribution >= 4 is 24.0 Å². The molecule has 1 N–H and O–H groups in total. The molecule has 1 atom stereocenters. The van der Waals surface area contributed by atoms with E-state index in [9.17, 15) is 9.59 Å². The fourth-order valence-electron chi connectivity index (χ4n) is 0.902. The van der Waals surface area contributed by atoms with Crippen molar-refractivity contribution in [2.24, 2.45) is 0 Å². The lowest BCUT2D eigenvalue weighted by atomic mass is 10.1.